The summed E-state index contributed by atoms with van der Waals surface area (Å²) < 4.78 is 1.46. The minimum atomic E-state index is -0.254. The SMILES string of the molecule is NCC(NC(=O)c1ccc(-n2ccncc2=O)cc1)c1ccccc1. The average molecular weight is 334 g/mol. The van der Waals surface area contributed by atoms with Crippen LogP contribution in [0.2, 0.25) is 0 Å². The lowest BCUT2D eigenvalue weighted by Gasteiger charge is -2.17. The van der Waals surface area contributed by atoms with Gasteiger partial charge in [-0.05, 0) is 29.8 Å². The molecular weight excluding hydrogens is 316 g/mol. The van der Waals surface area contributed by atoms with Crippen molar-refractivity contribution >= 4 is 5.91 Å². The molecule has 0 aliphatic rings. The molecule has 126 valence electrons. The van der Waals surface area contributed by atoms with Gasteiger partial charge in [0.05, 0.1) is 12.2 Å². The first-order valence-corrected chi connectivity index (χ1v) is 7.88. The van der Waals surface area contributed by atoms with E-state index in [4.69, 9.17) is 5.73 Å². The molecule has 6 heteroatoms. The molecule has 25 heavy (non-hydrogen) atoms. The van der Waals surface area contributed by atoms with Gasteiger partial charge in [-0.1, -0.05) is 30.3 Å². The maximum absolute atomic E-state index is 12.5. The molecule has 0 saturated carbocycles. The summed E-state index contributed by atoms with van der Waals surface area (Å²) in [4.78, 5) is 28.0. The largest absolute Gasteiger partial charge is 0.344 e. The van der Waals surface area contributed by atoms with Crippen molar-refractivity contribution < 1.29 is 4.79 Å². The molecule has 1 unspecified atom stereocenters. The lowest BCUT2D eigenvalue weighted by atomic mass is 10.1. The molecule has 1 heterocycles. The number of rotatable bonds is 5. The summed E-state index contributed by atoms with van der Waals surface area (Å²) in [7, 11) is 0. The number of nitrogens with one attached hydrogen (secondary N) is 1. The molecule has 1 atom stereocenters. The summed E-state index contributed by atoms with van der Waals surface area (Å²) in [6.45, 7) is 0.306. The number of aromatic nitrogens is 2. The van der Waals surface area contributed by atoms with Gasteiger partial charge in [0.25, 0.3) is 11.5 Å². The van der Waals surface area contributed by atoms with Crippen molar-refractivity contribution in [1.82, 2.24) is 14.9 Å². The Morgan fingerprint density at radius 1 is 1.12 bits per heavy atom. The van der Waals surface area contributed by atoms with E-state index in [0.717, 1.165) is 5.56 Å². The van der Waals surface area contributed by atoms with E-state index >= 15 is 0 Å². The highest BCUT2D eigenvalue weighted by Crippen LogP contribution is 2.13. The number of amides is 1. The summed E-state index contributed by atoms with van der Waals surface area (Å²) in [6.07, 6.45) is 4.36. The van der Waals surface area contributed by atoms with E-state index in [9.17, 15) is 9.59 Å². The molecule has 2 aromatic carbocycles. The Bertz CT molecular complexity index is 904. The Labute approximate surface area is 145 Å². The zero-order valence-electron chi connectivity index (χ0n) is 13.5. The van der Waals surface area contributed by atoms with E-state index in [1.165, 1.54) is 17.0 Å². The Morgan fingerprint density at radius 2 is 1.84 bits per heavy atom. The first kappa shape index (κ1) is 16.6. The van der Waals surface area contributed by atoms with Gasteiger partial charge in [-0.3, -0.25) is 19.1 Å². The van der Waals surface area contributed by atoms with Crippen molar-refractivity contribution in [2.75, 3.05) is 6.54 Å². The standard InChI is InChI=1S/C19H18N4O2/c20-12-17(14-4-2-1-3-5-14)22-19(25)15-6-8-16(9-7-15)23-11-10-21-13-18(23)24/h1-11,13,17H,12,20H2,(H,22,25). The van der Waals surface area contributed by atoms with Crippen molar-refractivity contribution in [3.05, 3.63) is 94.7 Å². The number of hydrogen-bond acceptors (Lipinski definition) is 4. The van der Waals surface area contributed by atoms with Crippen molar-refractivity contribution in [2.24, 2.45) is 5.73 Å². The molecule has 0 fully saturated rings. The lowest BCUT2D eigenvalue weighted by molar-refractivity contribution is 0.0938. The molecule has 0 bridgehead atoms. The van der Waals surface area contributed by atoms with Gasteiger partial charge < -0.3 is 11.1 Å². The highest BCUT2D eigenvalue weighted by atomic mass is 16.1. The molecule has 3 N–H and O–H groups in total. The molecule has 0 aliphatic carbocycles. The quantitative estimate of drug-likeness (QED) is 0.742. The summed E-state index contributed by atoms with van der Waals surface area (Å²) in [5.41, 5.74) is 7.69. The molecule has 0 radical (unpaired) electrons. The van der Waals surface area contributed by atoms with E-state index in [2.05, 4.69) is 10.3 Å². The third-order valence-electron chi connectivity index (χ3n) is 3.87. The highest BCUT2D eigenvalue weighted by molar-refractivity contribution is 5.94. The van der Waals surface area contributed by atoms with Gasteiger partial charge in [-0.15, -0.1) is 0 Å². The van der Waals surface area contributed by atoms with Gasteiger partial charge in [0.2, 0.25) is 0 Å². The number of carbonyl (C=O) groups excluding carboxylic acids is 1. The minimum Gasteiger partial charge on any atom is -0.344 e. The first-order valence-electron chi connectivity index (χ1n) is 7.88. The molecule has 6 nitrogen and oxygen atoms in total. The maximum atomic E-state index is 12.5. The summed E-state index contributed by atoms with van der Waals surface area (Å²) >= 11 is 0. The molecule has 0 aliphatic heterocycles. The third kappa shape index (κ3) is 3.81. The average Bonchev–Trinajstić information content (AvgIpc) is 2.67. The molecule has 1 aromatic heterocycles. The second-order valence-corrected chi connectivity index (χ2v) is 5.50. The van der Waals surface area contributed by atoms with Gasteiger partial charge in [-0.2, -0.15) is 0 Å². The highest BCUT2D eigenvalue weighted by Gasteiger charge is 2.14. The number of carbonyl (C=O) groups is 1. The summed E-state index contributed by atoms with van der Waals surface area (Å²) in [5.74, 6) is -0.215. The van der Waals surface area contributed by atoms with E-state index in [1.807, 2.05) is 30.3 Å². The van der Waals surface area contributed by atoms with E-state index in [0.29, 0.717) is 17.8 Å². The van der Waals surface area contributed by atoms with Gasteiger partial charge in [-0.25, -0.2) is 0 Å². The zero-order valence-corrected chi connectivity index (χ0v) is 13.5. The third-order valence-corrected chi connectivity index (χ3v) is 3.87. The fourth-order valence-corrected chi connectivity index (χ4v) is 2.54. The number of nitrogens with two attached hydrogens (primary N) is 1. The van der Waals surface area contributed by atoms with Crippen LogP contribution in [-0.4, -0.2) is 22.0 Å². The van der Waals surface area contributed by atoms with E-state index < -0.39 is 0 Å². The number of nitrogens with zero attached hydrogens (tertiary/aromatic N) is 2. The van der Waals surface area contributed by atoms with Crippen LogP contribution in [0.1, 0.15) is 22.0 Å². The second-order valence-electron chi connectivity index (χ2n) is 5.50. The normalized spacial score (nSPS) is 11.7. The minimum absolute atomic E-state index is 0.215. The molecule has 3 aromatic rings. The topological polar surface area (TPSA) is 90.0 Å². The van der Waals surface area contributed by atoms with Crippen molar-refractivity contribution in [3.8, 4) is 5.69 Å². The van der Waals surface area contributed by atoms with Crippen LogP contribution in [0.5, 0.6) is 0 Å². The molecule has 1 amide bonds. The Balaban J connectivity index is 1.77. The summed E-state index contributed by atoms with van der Waals surface area (Å²) in [6, 6.07) is 16.1. The second kappa shape index (κ2) is 7.55. The van der Waals surface area contributed by atoms with Crippen LogP contribution in [0.4, 0.5) is 0 Å². The fraction of sp³-hybridized carbons (Fsp3) is 0.105. The molecule has 0 saturated heterocycles. The van der Waals surface area contributed by atoms with E-state index in [-0.39, 0.29) is 17.5 Å². The van der Waals surface area contributed by atoms with Gasteiger partial charge in [0.15, 0.2) is 0 Å². The molecule has 0 spiro atoms. The van der Waals surface area contributed by atoms with Crippen LogP contribution >= 0.6 is 0 Å². The lowest BCUT2D eigenvalue weighted by Crippen LogP contribution is -2.33. The van der Waals surface area contributed by atoms with Crippen LogP contribution in [0.3, 0.4) is 0 Å². The Kier molecular flexibility index (Phi) is 5.01. The van der Waals surface area contributed by atoms with Crippen molar-refractivity contribution in [2.45, 2.75) is 6.04 Å². The van der Waals surface area contributed by atoms with Crippen LogP contribution in [-0.2, 0) is 0 Å². The first-order chi connectivity index (χ1) is 12.2. The fourth-order valence-electron chi connectivity index (χ4n) is 2.54. The summed E-state index contributed by atoms with van der Waals surface area (Å²) in [5, 5.41) is 2.93. The van der Waals surface area contributed by atoms with Gasteiger partial charge in [0.1, 0.15) is 0 Å². The van der Waals surface area contributed by atoms with E-state index in [1.54, 1.807) is 30.5 Å². The van der Waals surface area contributed by atoms with Crippen LogP contribution in [0.15, 0.2) is 78.0 Å². The molecular formula is C19H18N4O2. The van der Waals surface area contributed by atoms with Crippen molar-refractivity contribution in [3.63, 3.8) is 0 Å². The molecule has 3 rings (SSSR count). The monoisotopic (exact) mass is 334 g/mol. The zero-order chi connectivity index (χ0) is 17.6. The Hall–Kier alpha value is -3.25. The predicted octanol–water partition coefficient (Wildman–Crippen LogP) is 1.66. The van der Waals surface area contributed by atoms with Crippen molar-refractivity contribution in [1.29, 1.82) is 0 Å². The van der Waals surface area contributed by atoms with Gasteiger partial charge in [0, 0.05) is 30.2 Å². The Morgan fingerprint density at radius 3 is 2.48 bits per heavy atom. The van der Waals surface area contributed by atoms with Crippen LogP contribution < -0.4 is 16.6 Å². The smallest absolute Gasteiger partial charge is 0.273 e. The predicted molar refractivity (Wildman–Crippen MR) is 95.5 cm³/mol. The van der Waals surface area contributed by atoms with Crippen LogP contribution in [0.25, 0.3) is 5.69 Å². The number of hydrogen-bond donors (Lipinski definition) is 2. The number of benzene rings is 2. The maximum Gasteiger partial charge on any atom is 0.273 e. The van der Waals surface area contributed by atoms with Crippen LogP contribution in [0, 0.1) is 0 Å². The van der Waals surface area contributed by atoms with Gasteiger partial charge >= 0.3 is 0 Å².